The topological polar surface area (TPSA) is 122 Å². The van der Waals surface area contributed by atoms with Crippen LogP contribution >= 0.6 is 0 Å². The lowest BCUT2D eigenvalue weighted by molar-refractivity contribution is -0.131. The van der Waals surface area contributed by atoms with Crippen molar-refractivity contribution in [2.75, 3.05) is 10.6 Å². The fourth-order valence-corrected chi connectivity index (χ4v) is 2.72. The van der Waals surface area contributed by atoms with Gasteiger partial charge in [0, 0.05) is 23.7 Å². The largest absolute Gasteiger partial charge is 0.478 e. The van der Waals surface area contributed by atoms with E-state index >= 15 is 0 Å². The van der Waals surface area contributed by atoms with Crippen LogP contribution in [0.4, 0.5) is 11.4 Å². The zero-order chi connectivity index (χ0) is 22.4. The second-order valence-corrected chi connectivity index (χ2v) is 6.45. The highest BCUT2D eigenvalue weighted by Gasteiger charge is 2.13. The quantitative estimate of drug-likeness (QED) is 0.413. The van der Waals surface area contributed by atoms with Gasteiger partial charge in [0.1, 0.15) is 5.75 Å². The number of carboxylic acid groups (broad SMARTS) is 1. The number of amides is 2. The van der Waals surface area contributed by atoms with E-state index in [1.54, 1.807) is 24.3 Å². The van der Waals surface area contributed by atoms with Crippen LogP contribution in [0.2, 0.25) is 0 Å². The minimum atomic E-state index is -1.14. The van der Waals surface area contributed by atoms with Gasteiger partial charge in [0.15, 0.2) is 0 Å². The summed E-state index contributed by atoms with van der Waals surface area (Å²) in [6, 6.07) is 18.3. The maximum atomic E-state index is 12.4. The van der Waals surface area contributed by atoms with Crippen LogP contribution < -0.4 is 15.4 Å². The zero-order valence-corrected chi connectivity index (χ0v) is 16.4. The number of para-hydroxylation sites is 1. The number of ether oxygens (including phenoxy) is 1. The molecule has 8 heteroatoms. The Hall–Kier alpha value is -4.46. The number of anilines is 2. The first-order valence-corrected chi connectivity index (χ1v) is 9.17. The molecule has 156 valence electrons. The van der Waals surface area contributed by atoms with Gasteiger partial charge < -0.3 is 20.5 Å². The van der Waals surface area contributed by atoms with Crippen molar-refractivity contribution in [3.8, 4) is 5.75 Å². The minimum Gasteiger partial charge on any atom is -0.478 e. The smallest absolute Gasteiger partial charge is 0.337 e. The maximum Gasteiger partial charge on any atom is 0.337 e. The molecule has 0 radical (unpaired) electrons. The van der Waals surface area contributed by atoms with Gasteiger partial charge in [0.25, 0.3) is 11.8 Å². The Kier molecular flexibility index (Phi) is 6.42. The lowest BCUT2D eigenvalue weighted by Gasteiger charge is -2.09. The van der Waals surface area contributed by atoms with Gasteiger partial charge in [-0.2, -0.15) is 0 Å². The third-order valence-electron chi connectivity index (χ3n) is 4.19. The Labute approximate surface area is 177 Å². The molecule has 3 N–H and O–H groups in total. The second-order valence-electron chi connectivity index (χ2n) is 6.45. The Bertz CT molecular complexity index is 1140. The van der Waals surface area contributed by atoms with E-state index < -0.39 is 17.8 Å². The fourth-order valence-electron chi connectivity index (χ4n) is 2.72. The molecule has 0 saturated heterocycles. The van der Waals surface area contributed by atoms with Crippen molar-refractivity contribution in [2.45, 2.75) is 6.92 Å². The molecular formula is C23H18N2O6. The molecule has 0 heterocycles. The summed E-state index contributed by atoms with van der Waals surface area (Å²) in [5, 5.41) is 14.5. The summed E-state index contributed by atoms with van der Waals surface area (Å²) >= 11 is 0. The Morgan fingerprint density at radius 3 is 1.87 bits per heavy atom. The Morgan fingerprint density at radius 2 is 1.29 bits per heavy atom. The van der Waals surface area contributed by atoms with Crippen molar-refractivity contribution in [1.82, 2.24) is 0 Å². The molecule has 8 nitrogen and oxygen atoms in total. The van der Waals surface area contributed by atoms with Crippen LogP contribution in [0.5, 0.6) is 5.75 Å². The highest BCUT2D eigenvalue weighted by Crippen LogP contribution is 2.18. The first kappa shape index (κ1) is 21.3. The van der Waals surface area contributed by atoms with Crippen LogP contribution in [0.1, 0.15) is 38.0 Å². The van der Waals surface area contributed by atoms with Crippen LogP contribution in [-0.4, -0.2) is 28.9 Å². The van der Waals surface area contributed by atoms with E-state index in [0.29, 0.717) is 22.6 Å². The molecule has 0 fully saturated rings. The average molecular weight is 418 g/mol. The Morgan fingerprint density at radius 1 is 0.742 bits per heavy atom. The summed E-state index contributed by atoms with van der Waals surface area (Å²) < 4.78 is 4.92. The number of rotatable bonds is 6. The van der Waals surface area contributed by atoms with Crippen molar-refractivity contribution >= 4 is 35.1 Å². The molecule has 0 aliphatic heterocycles. The SMILES string of the molecule is CC(=O)Oc1ccc(C(=O)Nc2ccc(C(=O)Nc3ccccc3C(=O)O)cc2)cc1. The average Bonchev–Trinajstić information content (AvgIpc) is 2.74. The summed E-state index contributed by atoms with van der Waals surface area (Å²) in [7, 11) is 0. The molecule has 3 aromatic rings. The molecule has 0 aromatic heterocycles. The lowest BCUT2D eigenvalue weighted by atomic mass is 10.1. The number of hydrogen-bond acceptors (Lipinski definition) is 5. The van der Waals surface area contributed by atoms with Crippen LogP contribution in [-0.2, 0) is 4.79 Å². The van der Waals surface area contributed by atoms with Gasteiger partial charge in [-0.25, -0.2) is 4.79 Å². The number of hydrogen-bond donors (Lipinski definition) is 3. The molecule has 0 unspecified atom stereocenters. The highest BCUT2D eigenvalue weighted by molar-refractivity contribution is 6.08. The van der Waals surface area contributed by atoms with Gasteiger partial charge in [-0.15, -0.1) is 0 Å². The monoisotopic (exact) mass is 418 g/mol. The second kappa shape index (κ2) is 9.36. The maximum absolute atomic E-state index is 12.4. The molecule has 3 aromatic carbocycles. The predicted octanol–water partition coefficient (Wildman–Crippen LogP) is 3.81. The third kappa shape index (κ3) is 5.54. The van der Waals surface area contributed by atoms with Gasteiger partial charge in [0.2, 0.25) is 0 Å². The summed E-state index contributed by atoms with van der Waals surface area (Å²) in [4.78, 5) is 47.0. The predicted molar refractivity (Wildman–Crippen MR) is 114 cm³/mol. The van der Waals surface area contributed by atoms with E-state index in [4.69, 9.17) is 4.74 Å². The van der Waals surface area contributed by atoms with Crippen molar-refractivity contribution in [2.24, 2.45) is 0 Å². The molecule has 3 rings (SSSR count). The van der Waals surface area contributed by atoms with Crippen LogP contribution in [0.15, 0.2) is 72.8 Å². The molecule has 2 amide bonds. The van der Waals surface area contributed by atoms with E-state index in [1.165, 1.54) is 55.5 Å². The van der Waals surface area contributed by atoms with Gasteiger partial charge in [0.05, 0.1) is 11.3 Å². The van der Waals surface area contributed by atoms with Crippen LogP contribution in [0.25, 0.3) is 0 Å². The molecule has 31 heavy (non-hydrogen) atoms. The van der Waals surface area contributed by atoms with E-state index in [9.17, 15) is 24.3 Å². The molecule has 0 spiro atoms. The number of benzene rings is 3. The van der Waals surface area contributed by atoms with E-state index in [-0.39, 0.29) is 17.2 Å². The van der Waals surface area contributed by atoms with Gasteiger partial charge >= 0.3 is 11.9 Å². The number of carbonyl (C=O) groups is 4. The normalized spacial score (nSPS) is 10.1. The summed E-state index contributed by atoms with van der Waals surface area (Å²) in [6.07, 6.45) is 0. The van der Waals surface area contributed by atoms with E-state index in [0.717, 1.165) is 0 Å². The van der Waals surface area contributed by atoms with Crippen molar-refractivity contribution < 1.29 is 29.0 Å². The molecular weight excluding hydrogens is 400 g/mol. The summed E-state index contributed by atoms with van der Waals surface area (Å²) in [5.41, 5.74) is 1.30. The molecule has 0 aliphatic rings. The van der Waals surface area contributed by atoms with Gasteiger partial charge in [-0.1, -0.05) is 12.1 Å². The third-order valence-corrected chi connectivity index (χ3v) is 4.19. The fraction of sp³-hybridized carbons (Fsp3) is 0.0435. The van der Waals surface area contributed by atoms with Crippen LogP contribution in [0, 0.1) is 0 Å². The number of nitrogens with one attached hydrogen (secondary N) is 2. The summed E-state index contributed by atoms with van der Waals surface area (Å²) in [6.45, 7) is 1.29. The number of esters is 1. The highest BCUT2D eigenvalue weighted by atomic mass is 16.5. The van der Waals surface area contributed by atoms with Crippen LogP contribution in [0.3, 0.4) is 0 Å². The number of carbonyl (C=O) groups excluding carboxylic acids is 3. The van der Waals surface area contributed by atoms with Crippen molar-refractivity contribution in [3.63, 3.8) is 0 Å². The van der Waals surface area contributed by atoms with Crippen molar-refractivity contribution in [3.05, 3.63) is 89.5 Å². The van der Waals surface area contributed by atoms with Crippen molar-refractivity contribution in [1.29, 1.82) is 0 Å². The first-order chi connectivity index (χ1) is 14.8. The summed E-state index contributed by atoms with van der Waals surface area (Å²) in [5.74, 6) is -2.11. The molecule has 0 saturated carbocycles. The number of aromatic carboxylic acids is 1. The zero-order valence-electron chi connectivity index (χ0n) is 16.4. The standard InChI is InChI=1S/C23H18N2O6/c1-14(26)31-18-12-8-16(9-13-18)21(27)24-17-10-6-15(7-11-17)22(28)25-20-5-3-2-4-19(20)23(29)30/h2-13H,1H3,(H,24,27)(H,25,28)(H,29,30). The number of carboxylic acids is 1. The molecule has 0 bridgehead atoms. The van der Waals surface area contributed by atoms with E-state index in [1.807, 2.05) is 0 Å². The van der Waals surface area contributed by atoms with E-state index in [2.05, 4.69) is 10.6 Å². The molecule has 0 atom stereocenters. The van der Waals surface area contributed by atoms with Gasteiger partial charge in [-0.3, -0.25) is 14.4 Å². The first-order valence-electron chi connectivity index (χ1n) is 9.17. The minimum absolute atomic E-state index is 0.0144. The van der Waals surface area contributed by atoms with Gasteiger partial charge in [-0.05, 0) is 60.7 Å². The Balaban J connectivity index is 1.65. The molecule has 0 aliphatic carbocycles. The lowest BCUT2D eigenvalue weighted by Crippen LogP contribution is -2.15.